The Morgan fingerprint density at radius 2 is 2.00 bits per heavy atom. The van der Waals surface area contributed by atoms with E-state index in [-0.39, 0.29) is 23.5 Å². The molecule has 1 aromatic rings. The molecular weight excluding hydrogens is 194 g/mol. The molecule has 0 aliphatic carbocycles. The van der Waals surface area contributed by atoms with Gasteiger partial charge in [0.15, 0.2) is 0 Å². The Labute approximate surface area is 88.1 Å². The Balaban J connectivity index is 2.75. The van der Waals surface area contributed by atoms with Crippen molar-refractivity contribution < 1.29 is 9.72 Å². The molecule has 0 spiro atoms. The van der Waals surface area contributed by atoms with E-state index in [1.165, 1.54) is 6.92 Å². The van der Waals surface area contributed by atoms with Crippen molar-refractivity contribution in [2.45, 2.75) is 25.8 Å². The van der Waals surface area contributed by atoms with Crippen molar-refractivity contribution in [2.75, 3.05) is 0 Å². The molecule has 0 radical (unpaired) electrons. The second-order valence-corrected chi connectivity index (χ2v) is 3.45. The van der Waals surface area contributed by atoms with E-state index < -0.39 is 6.04 Å². The van der Waals surface area contributed by atoms with E-state index in [0.29, 0.717) is 5.56 Å². The number of Topliss-reactive ketones (excluding diaryl/α,β-unsaturated/α-hetero) is 1. The van der Waals surface area contributed by atoms with Gasteiger partial charge in [0.1, 0.15) is 5.78 Å². The van der Waals surface area contributed by atoms with Gasteiger partial charge in [0.2, 0.25) is 6.04 Å². The van der Waals surface area contributed by atoms with Crippen molar-refractivity contribution in [1.82, 2.24) is 0 Å². The molecule has 15 heavy (non-hydrogen) atoms. The lowest BCUT2D eigenvalue weighted by atomic mass is 10.0. The van der Waals surface area contributed by atoms with Crippen LogP contribution in [-0.2, 0) is 4.79 Å². The molecule has 0 saturated heterocycles. The van der Waals surface area contributed by atoms with Gasteiger partial charge in [-0.2, -0.15) is 0 Å². The second-order valence-electron chi connectivity index (χ2n) is 3.45. The minimum atomic E-state index is -0.768. The van der Waals surface area contributed by atoms with Crippen LogP contribution < -0.4 is 0 Å². The third kappa shape index (κ3) is 3.50. The first-order valence-corrected chi connectivity index (χ1v) is 4.79. The third-order valence-electron chi connectivity index (χ3n) is 2.21. The van der Waals surface area contributed by atoms with Gasteiger partial charge in [-0.1, -0.05) is 30.3 Å². The molecule has 1 atom stereocenters. The molecular formula is C11H13NO3. The molecule has 0 aromatic heterocycles. The van der Waals surface area contributed by atoms with E-state index in [9.17, 15) is 14.9 Å². The highest BCUT2D eigenvalue weighted by Gasteiger charge is 2.22. The first kappa shape index (κ1) is 11.4. The number of hydrogen-bond acceptors (Lipinski definition) is 3. The van der Waals surface area contributed by atoms with Gasteiger partial charge < -0.3 is 4.79 Å². The summed E-state index contributed by atoms with van der Waals surface area (Å²) < 4.78 is 0. The summed E-state index contributed by atoms with van der Waals surface area (Å²) in [6.07, 6.45) is 0.521. The van der Waals surface area contributed by atoms with Crippen LogP contribution in [-0.4, -0.2) is 10.7 Å². The lowest BCUT2D eigenvalue weighted by Crippen LogP contribution is -2.11. The molecule has 1 aromatic carbocycles. The molecule has 0 fully saturated rings. The monoisotopic (exact) mass is 207 g/mol. The van der Waals surface area contributed by atoms with E-state index in [2.05, 4.69) is 0 Å². The van der Waals surface area contributed by atoms with Crippen LogP contribution in [0.5, 0.6) is 0 Å². The number of ketones is 1. The third-order valence-corrected chi connectivity index (χ3v) is 2.21. The summed E-state index contributed by atoms with van der Waals surface area (Å²) in [7, 11) is 0. The van der Waals surface area contributed by atoms with Crippen molar-refractivity contribution in [3.05, 3.63) is 46.0 Å². The van der Waals surface area contributed by atoms with Crippen LogP contribution in [0.4, 0.5) is 0 Å². The summed E-state index contributed by atoms with van der Waals surface area (Å²) in [5.41, 5.74) is 0.656. The maximum Gasteiger partial charge on any atom is 0.238 e. The average molecular weight is 207 g/mol. The van der Waals surface area contributed by atoms with Gasteiger partial charge in [0.05, 0.1) is 0 Å². The zero-order valence-electron chi connectivity index (χ0n) is 8.55. The van der Waals surface area contributed by atoms with Crippen molar-refractivity contribution in [3.8, 4) is 0 Å². The van der Waals surface area contributed by atoms with Gasteiger partial charge in [-0.3, -0.25) is 10.1 Å². The summed E-state index contributed by atoms with van der Waals surface area (Å²) in [6, 6.07) is 8.00. The quantitative estimate of drug-likeness (QED) is 0.550. The van der Waals surface area contributed by atoms with Crippen LogP contribution in [0.3, 0.4) is 0 Å². The highest BCUT2D eigenvalue weighted by molar-refractivity contribution is 5.75. The molecule has 0 heterocycles. The topological polar surface area (TPSA) is 60.2 Å². The van der Waals surface area contributed by atoms with Crippen molar-refractivity contribution in [1.29, 1.82) is 0 Å². The first-order valence-electron chi connectivity index (χ1n) is 4.79. The van der Waals surface area contributed by atoms with Gasteiger partial charge in [0, 0.05) is 23.3 Å². The number of hydrogen-bond donors (Lipinski definition) is 0. The summed E-state index contributed by atoms with van der Waals surface area (Å²) in [6.45, 7) is 1.45. The number of benzene rings is 1. The minimum Gasteiger partial charge on any atom is -0.300 e. The van der Waals surface area contributed by atoms with Gasteiger partial charge in [-0.05, 0) is 6.92 Å². The zero-order chi connectivity index (χ0) is 11.3. The molecule has 4 heteroatoms. The highest BCUT2D eigenvalue weighted by atomic mass is 16.6. The van der Waals surface area contributed by atoms with E-state index in [1.54, 1.807) is 24.3 Å². The van der Waals surface area contributed by atoms with Gasteiger partial charge >= 0.3 is 0 Å². The van der Waals surface area contributed by atoms with Crippen LogP contribution in [0.2, 0.25) is 0 Å². The Bertz CT molecular complexity index is 348. The standard InChI is InChI=1S/C11H13NO3/c1-9(13)7-8-11(12(14)15)10-5-3-2-4-6-10/h2-6,11H,7-8H2,1H3. The Kier molecular flexibility index (Phi) is 3.97. The maximum atomic E-state index is 10.8. The Morgan fingerprint density at radius 3 is 2.47 bits per heavy atom. The summed E-state index contributed by atoms with van der Waals surface area (Å²) >= 11 is 0. The second kappa shape index (κ2) is 5.24. The van der Waals surface area contributed by atoms with Gasteiger partial charge in [-0.25, -0.2) is 0 Å². The van der Waals surface area contributed by atoms with Gasteiger partial charge in [-0.15, -0.1) is 0 Å². The van der Waals surface area contributed by atoms with Crippen molar-refractivity contribution in [3.63, 3.8) is 0 Å². The molecule has 0 bridgehead atoms. The smallest absolute Gasteiger partial charge is 0.238 e. The molecule has 1 rings (SSSR count). The zero-order valence-corrected chi connectivity index (χ0v) is 8.55. The molecule has 0 saturated carbocycles. The fourth-order valence-corrected chi connectivity index (χ4v) is 1.41. The molecule has 0 amide bonds. The molecule has 0 aliphatic rings. The van der Waals surface area contributed by atoms with E-state index in [0.717, 1.165) is 0 Å². The number of carbonyl (C=O) groups excluding carboxylic acids is 1. The minimum absolute atomic E-state index is 0.0159. The van der Waals surface area contributed by atoms with Crippen LogP contribution in [0.25, 0.3) is 0 Å². The molecule has 4 nitrogen and oxygen atoms in total. The Hall–Kier alpha value is -1.71. The average Bonchev–Trinajstić information content (AvgIpc) is 2.18. The molecule has 80 valence electrons. The fraction of sp³-hybridized carbons (Fsp3) is 0.364. The van der Waals surface area contributed by atoms with Crippen molar-refractivity contribution in [2.24, 2.45) is 0 Å². The predicted octanol–water partition coefficient (Wildman–Crippen LogP) is 2.37. The molecule has 0 N–H and O–H groups in total. The Morgan fingerprint density at radius 1 is 1.40 bits per heavy atom. The number of nitrogens with zero attached hydrogens (tertiary/aromatic N) is 1. The highest BCUT2D eigenvalue weighted by Crippen LogP contribution is 2.21. The summed E-state index contributed by atoms with van der Waals surface area (Å²) in [4.78, 5) is 21.3. The first-order chi connectivity index (χ1) is 7.11. The van der Waals surface area contributed by atoms with Crippen molar-refractivity contribution >= 4 is 5.78 Å². The molecule has 1 unspecified atom stereocenters. The number of rotatable bonds is 5. The van der Waals surface area contributed by atoms with E-state index in [4.69, 9.17) is 0 Å². The summed E-state index contributed by atoms with van der Waals surface area (Å²) in [5, 5.41) is 10.8. The number of nitro groups is 1. The molecule has 0 aliphatic heterocycles. The lowest BCUT2D eigenvalue weighted by Gasteiger charge is -2.08. The maximum absolute atomic E-state index is 10.8. The largest absolute Gasteiger partial charge is 0.300 e. The fourth-order valence-electron chi connectivity index (χ4n) is 1.41. The summed E-state index contributed by atoms with van der Waals surface area (Å²) in [5.74, 6) is -0.0159. The normalized spacial score (nSPS) is 12.1. The predicted molar refractivity (Wildman–Crippen MR) is 56.1 cm³/mol. The van der Waals surface area contributed by atoms with Crippen LogP contribution >= 0.6 is 0 Å². The van der Waals surface area contributed by atoms with Crippen LogP contribution in [0, 0.1) is 10.1 Å². The lowest BCUT2D eigenvalue weighted by molar-refractivity contribution is -0.529. The number of carbonyl (C=O) groups is 1. The van der Waals surface area contributed by atoms with E-state index >= 15 is 0 Å². The van der Waals surface area contributed by atoms with Crippen LogP contribution in [0.15, 0.2) is 30.3 Å². The van der Waals surface area contributed by atoms with E-state index in [1.807, 2.05) is 6.07 Å². The van der Waals surface area contributed by atoms with Crippen LogP contribution in [0.1, 0.15) is 31.4 Å². The van der Waals surface area contributed by atoms with Gasteiger partial charge in [0.25, 0.3) is 0 Å². The SMILES string of the molecule is CC(=O)CCC(c1ccccc1)[N+](=O)[O-].